The highest BCUT2D eigenvalue weighted by atomic mass is 32.2. The van der Waals surface area contributed by atoms with Crippen molar-refractivity contribution < 1.29 is 13.2 Å². The third kappa shape index (κ3) is 7.61. The van der Waals surface area contributed by atoms with Gasteiger partial charge < -0.3 is 11.1 Å². The minimum Gasteiger partial charge on any atom is -0.330 e. The zero-order chi connectivity index (χ0) is 17.3. The molecule has 0 saturated heterocycles. The van der Waals surface area contributed by atoms with E-state index in [0.717, 1.165) is 25.7 Å². The molecule has 23 heavy (non-hydrogen) atoms. The number of hydrogen-bond donors (Lipinski definition) is 2. The molecule has 1 amide bonds. The Hall–Kier alpha value is -1.40. The highest BCUT2D eigenvalue weighted by Gasteiger charge is 2.17. The van der Waals surface area contributed by atoms with E-state index in [1.54, 1.807) is 38.1 Å². The molecule has 0 bridgehead atoms. The first kappa shape index (κ1) is 19.6. The first-order valence-electron chi connectivity index (χ1n) is 8.15. The summed E-state index contributed by atoms with van der Waals surface area (Å²) in [5.74, 6) is -0.0467. The summed E-state index contributed by atoms with van der Waals surface area (Å²) in [5.41, 5.74) is 6.77. The van der Waals surface area contributed by atoms with Gasteiger partial charge in [0.25, 0.3) is 0 Å². The topological polar surface area (TPSA) is 89.3 Å². The number of rotatable bonds is 10. The van der Waals surface area contributed by atoms with Gasteiger partial charge >= 0.3 is 0 Å². The van der Waals surface area contributed by atoms with Gasteiger partial charge in [-0.3, -0.25) is 4.79 Å². The second-order valence-corrected chi connectivity index (χ2v) is 8.61. The summed E-state index contributed by atoms with van der Waals surface area (Å²) in [5, 5.41) is 2.42. The van der Waals surface area contributed by atoms with E-state index < -0.39 is 15.1 Å². The molecule has 3 N–H and O–H groups in total. The van der Waals surface area contributed by atoms with E-state index >= 15 is 0 Å². The fourth-order valence-corrected chi connectivity index (χ4v) is 3.12. The maximum absolute atomic E-state index is 12.0. The molecule has 5 nitrogen and oxygen atoms in total. The van der Waals surface area contributed by atoms with E-state index in [1.807, 2.05) is 0 Å². The van der Waals surface area contributed by atoms with Crippen LogP contribution in [0.2, 0.25) is 0 Å². The number of hydrogen-bond acceptors (Lipinski definition) is 4. The number of nitrogens with two attached hydrogens (primary N) is 1. The fourth-order valence-electron chi connectivity index (χ4n) is 2.14. The SMILES string of the molecule is CC(C)S(=O)(=O)Cc1cccc(NC(=O)CCCCCCN)c1. The molecule has 0 unspecified atom stereocenters. The maximum Gasteiger partial charge on any atom is 0.224 e. The van der Waals surface area contributed by atoms with Gasteiger partial charge in [-0.05, 0) is 50.9 Å². The monoisotopic (exact) mass is 340 g/mol. The minimum atomic E-state index is -3.14. The second-order valence-electron chi connectivity index (χ2n) is 6.06. The molecule has 0 heterocycles. The summed E-state index contributed by atoms with van der Waals surface area (Å²) in [7, 11) is -3.14. The van der Waals surface area contributed by atoms with Crippen LogP contribution in [0.4, 0.5) is 5.69 Å². The van der Waals surface area contributed by atoms with Crippen LogP contribution in [0.5, 0.6) is 0 Å². The molecule has 6 heteroatoms. The highest BCUT2D eigenvalue weighted by Crippen LogP contribution is 2.16. The van der Waals surface area contributed by atoms with Crippen LogP contribution in [0, 0.1) is 0 Å². The van der Waals surface area contributed by atoms with Crippen molar-refractivity contribution in [2.45, 2.75) is 57.0 Å². The van der Waals surface area contributed by atoms with Gasteiger partial charge in [0, 0.05) is 12.1 Å². The number of unbranched alkanes of at least 4 members (excludes halogenated alkanes) is 3. The van der Waals surface area contributed by atoms with Crippen molar-refractivity contribution in [3.63, 3.8) is 0 Å². The van der Waals surface area contributed by atoms with Crippen molar-refractivity contribution in [1.29, 1.82) is 0 Å². The molecular formula is C17H28N2O3S. The minimum absolute atomic E-state index is 0.00648. The van der Waals surface area contributed by atoms with Crippen LogP contribution in [0.15, 0.2) is 24.3 Å². The molecule has 0 radical (unpaired) electrons. The third-order valence-electron chi connectivity index (χ3n) is 3.65. The van der Waals surface area contributed by atoms with E-state index in [4.69, 9.17) is 5.73 Å². The van der Waals surface area contributed by atoms with Gasteiger partial charge in [0.2, 0.25) is 5.91 Å². The van der Waals surface area contributed by atoms with Crippen molar-refractivity contribution in [2.24, 2.45) is 5.73 Å². The molecule has 0 atom stereocenters. The number of carbonyl (C=O) groups excluding carboxylic acids is 1. The fraction of sp³-hybridized carbons (Fsp3) is 0.588. The Labute approximate surface area is 139 Å². The van der Waals surface area contributed by atoms with Gasteiger partial charge in [0.1, 0.15) is 0 Å². The lowest BCUT2D eigenvalue weighted by Gasteiger charge is -2.10. The lowest BCUT2D eigenvalue weighted by atomic mass is 10.1. The van der Waals surface area contributed by atoms with Crippen LogP contribution in [0.1, 0.15) is 51.5 Å². The second kappa shape index (κ2) is 9.67. The van der Waals surface area contributed by atoms with E-state index in [-0.39, 0.29) is 11.7 Å². The number of anilines is 1. The van der Waals surface area contributed by atoms with Crippen LogP contribution in [0.3, 0.4) is 0 Å². The summed E-state index contributed by atoms with van der Waals surface area (Å²) in [4.78, 5) is 11.9. The van der Waals surface area contributed by atoms with Crippen molar-refractivity contribution in [3.05, 3.63) is 29.8 Å². The molecule has 1 rings (SSSR count). The van der Waals surface area contributed by atoms with Gasteiger partial charge in [-0.2, -0.15) is 0 Å². The zero-order valence-corrected chi connectivity index (χ0v) is 14.9. The van der Waals surface area contributed by atoms with E-state index in [1.165, 1.54) is 0 Å². The smallest absolute Gasteiger partial charge is 0.224 e. The Kier molecular flexibility index (Phi) is 8.26. The zero-order valence-electron chi connectivity index (χ0n) is 14.0. The Morgan fingerprint density at radius 2 is 1.87 bits per heavy atom. The summed E-state index contributed by atoms with van der Waals surface area (Å²) in [6, 6.07) is 7.04. The Bertz CT molecular complexity index is 598. The molecule has 0 saturated carbocycles. The van der Waals surface area contributed by atoms with Crippen molar-refractivity contribution in [1.82, 2.24) is 0 Å². The van der Waals surface area contributed by atoms with Gasteiger partial charge in [-0.1, -0.05) is 25.0 Å². The summed E-state index contributed by atoms with van der Waals surface area (Å²) in [6.07, 6.45) is 4.35. The molecular weight excluding hydrogens is 312 g/mol. The van der Waals surface area contributed by atoms with Gasteiger partial charge in [0.15, 0.2) is 9.84 Å². The number of nitrogens with one attached hydrogen (secondary N) is 1. The van der Waals surface area contributed by atoms with Crippen LogP contribution < -0.4 is 11.1 Å². The molecule has 0 aliphatic rings. The van der Waals surface area contributed by atoms with Gasteiger partial charge in [-0.25, -0.2) is 8.42 Å². The normalized spacial score (nSPS) is 11.7. The largest absolute Gasteiger partial charge is 0.330 e. The molecule has 0 aliphatic carbocycles. The summed E-state index contributed by atoms with van der Waals surface area (Å²) >= 11 is 0. The molecule has 0 aliphatic heterocycles. The van der Waals surface area contributed by atoms with Crippen molar-refractivity contribution in [2.75, 3.05) is 11.9 Å². The van der Waals surface area contributed by atoms with Gasteiger partial charge in [0.05, 0.1) is 11.0 Å². The van der Waals surface area contributed by atoms with Crippen LogP contribution >= 0.6 is 0 Å². The first-order chi connectivity index (χ1) is 10.8. The van der Waals surface area contributed by atoms with Crippen molar-refractivity contribution in [3.8, 4) is 0 Å². The number of sulfone groups is 1. The van der Waals surface area contributed by atoms with Gasteiger partial charge in [-0.15, -0.1) is 0 Å². The highest BCUT2D eigenvalue weighted by molar-refractivity contribution is 7.91. The van der Waals surface area contributed by atoms with Crippen LogP contribution in [-0.2, 0) is 20.4 Å². The van der Waals surface area contributed by atoms with E-state index in [9.17, 15) is 13.2 Å². The quantitative estimate of drug-likeness (QED) is 0.641. The Balaban J connectivity index is 2.52. The molecule has 1 aromatic rings. The number of amides is 1. The molecule has 0 aromatic heterocycles. The maximum atomic E-state index is 12.0. The average Bonchev–Trinajstić information content (AvgIpc) is 2.46. The van der Waals surface area contributed by atoms with E-state index in [0.29, 0.717) is 24.2 Å². The molecule has 0 fully saturated rings. The lowest BCUT2D eigenvalue weighted by molar-refractivity contribution is -0.116. The number of carbonyl (C=O) groups is 1. The lowest BCUT2D eigenvalue weighted by Crippen LogP contribution is -2.16. The Morgan fingerprint density at radius 1 is 1.17 bits per heavy atom. The molecule has 0 spiro atoms. The van der Waals surface area contributed by atoms with E-state index in [2.05, 4.69) is 5.32 Å². The predicted octanol–water partition coefficient (Wildman–Crippen LogP) is 2.86. The summed E-state index contributed by atoms with van der Waals surface area (Å²) < 4.78 is 23.9. The third-order valence-corrected chi connectivity index (χ3v) is 5.83. The molecule has 1 aromatic carbocycles. The first-order valence-corrected chi connectivity index (χ1v) is 9.87. The van der Waals surface area contributed by atoms with Crippen molar-refractivity contribution >= 4 is 21.4 Å². The average molecular weight is 340 g/mol. The Morgan fingerprint density at radius 3 is 2.52 bits per heavy atom. The molecule has 130 valence electrons. The van der Waals surface area contributed by atoms with Crippen LogP contribution in [0.25, 0.3) is 0 Å². The van der Waals surface area contributed by atoms with Crippen LogP contribution in [-0.4, -0.2) is 26.1 Å². The number of benzene rings is 1. The standard InChI is InChI=1S/C17H28N2O3S/c1-14(2)23(21,22)13-15-8-7-9-16(12-15)19-17(20)10-5-3-4-6-11-18/h7-9,12,14H,3-6,10-11,13,18H2,1-2H3,(H,19,20). The predicted molar refractivity (Wildman–Crippen MR) is 95.0 cm³/mol. The summed E-state index contributed by atoms with van der Waals surface area (Å²) in [6.45, 7) is 4.04.